The highest BCUT2D eigenvalue weighted by Crippen LogP contribution is 2.36. The molecule has 0 aliphatic rings. The molecule has 0 aromatic heterocycles. The third-order valence-corrected chi connectivity index (χ3v) is 3.85. The molecule has 0 saturated heterocycles. The summed E-state index contributed by atoms with van der Waals surface area (Å²) in [4.78, 5) is 24.9. The van der Waals surface area contributed by atoms with Gasteiger partial charge in [-0.25, -0.2) is 0 Å². The minimum Gasteiger partial charge on any atom is -0.496 e. The van der Waals surface area contributed by atoms with Crippen LogP contribution in [0.2, 0.25) is 0 Å². The number of hydrogen-bond donors (Lipinski definition) is 1. The minimum atomic E-state index is -4.64. The smallest absolute Gasteiger partial charge is 0.418 e. The zero-order valence-electron chi connectivity index (χ0n) is 14.8. The number of nitrogens with zero attached hydrogens (tertiary/aromatic N) is 1. The molecule has 5 nitrogen and oxygen atoms in total. The standard InChI is InChI=1S/C19H19F3N2O3/c1-13(25)24(16-9-5-4-8-15(16)19(20,21)22)12-18(26)23-11-14-7-3-6-10-17(14)27-2/h3-10H,11-12H2,1-2H3,(H,23,26). The first-order chi connectivity index (χ1) is 12.7. The van der Waals surface area contributed by atoms with Crippen LogP contribution in [0.1, 0.15) is 18.1 Å². The number of hydrogen-bond acceptors (Lipinski definition) is 3. The molecule has 0 bridgehead atoms. The van der Waals surface area contributed by atoms with Crippen molar-refractivity contribution in [1.29, 1.82) is 0 Å². The lowest BCUT2D eigenvalue weighted by molar-refractivity contribution is -0.137. The van der Waals surface area contributed by atoms with E-state index in [2.05, 4.69) is 5.32 Å². The van der Waals surface area contributed by atoms with Gasteiger partial charge in [0.05, 0.1) is 18.4 Å². The van der Waals surface area contributed by atoms with Crippen molar-refractivity contribution >= 4 is 17.5 Å². The van der Waals surface area contributed by atoms with Gasteiger partial charge in [0.25, 0.3) is 0 Å². The summed E-state index contributed by atoms with van der Waals surface area (Å²) in [6.07, 6.45) is -4.64. The van der Waals surface area contributed by atoms with Crippen LogP contribution in [0.15, 0.2) is 48.5 Å². The zero-order chi connectivity index (χ0) is 20.0. The van der Waals surface area contributed by atoms with Crippen LogP contribution < -0.4 is 15.0 Å². The van der Waals surface area contributed by atoms with Gasteiger partial charge in [0.15, 0.2) is 0 Å². The van der Waals surface area contributed by atoms with Gasteiger partial charge in [0.1, 0.15) is 12.3 Å². The summed E-state index contributed by atoms with van der Waals surface area (Å²) in [6.45, 7) is 0.702. The second kappa shape index (κ2) is 8.57. The molecule has 0 radical (unpaired) electrons. The summed E-state index contributed by atoms with van der Waals surface area (Å²) in [5.74, 6) is -0.684. The molecule has 2 aromatic carbocycles. The van der Waals surface area contributed by atoms with Crippen molar-refractivity contribution in [3.63, 3.8) is 0 Å². The highest BCUT2D eigenvalue weighted by Gasteiger charge is 2.35. The Morgan fingerprint density at radius 3 is 2.33 bits per heavy atom. The third kappa shape index (κ3) is 5.22. The fourth-order valence-electron chi connectivity index (χ4n) is 2.56. The topological polar surface area (TPSA) is 58.6 Å². The molecule has 0 aliphatic heterocycles. The fourth-order valence-corrected chi connectivity index (χ4v) is 2.56. The van der Waals surface area contributed by atoms with Crippen LogP contribution in [-0.2, 0) is 22.3 Å². The van der Waals surface area contributed by atoms with Gasteiger partial charge in [-0.2, -0.15) is 13.2 Å². The average molecular weight is 380 g/mol. The highest BCUT2D eigenvalue weighted by molar-refractivity contribution is 5.98. The van der Waals surface area contributed by atoms with Gasteiger partial charge >= 0.3 is 6.18 Å². The highest BCUT2D eigenvalue weighted by atomic mass is 19.4. The Hall–Kier alpha value is -3.03. The molecular formula is C19H19F3N2O3. The van der Waals surface area contributed by atoms with Gasteiger partial charge in [0.2, 0.25) is 11.8 Å². The number of anilines is 1. The van der Waals surface area contributed by atoms with Crippen LogP contribution in [-0.4, -0.2) is 25.5 Å². The van der Waals surface area contributed by atoms with Crippen molar-refractivity contribution in [3.8, 4) is 5.75 Å². The van der Waals surface area contributed by atoms with E-state index in [4.69, 9.17) is 4.74 Å². The van der Waals surface area contributed by atoms with Crippen LogP contribution in [0, 0.1) is 0 Å². The van der Waals surface area contributed by atoms with E-state index >= 15 is 0 Å². The lowest BCUT2D eigenvalue weighted by atomic mass is 10.1. The van der Waals surface area contributed by atoms with Gasteiger partial charge in [-0.15, -0.1) is 0 Å². The number of alkyl halides is 3. The molecule has 0 heterocycles. The molecule has 2 aromatic rings. The first-order valence-electron chi connectivity index (χ1n) is 8.07. The first-order valence-corrected chi connectivity index (χ1v) is 8.07. The Balaban J connectivity index is 2.15. The molecule has 0 aliphatic carbocycles. The molecular weight excluding hydrogens is 361 g/mol. The normalized spacial score (nSPS) is 11.0. The Bertz CT molecular complexity index is 822. The van der Waals surface area contributed by atoms with Crippen LogP contribution in [0.3, 0.4) is 0 Å². The number of amides is 2. The van der Waals surface area contributed by atoms with Crippen molar-refractivity contribution in [1.82, 2.24) is 5.32 Å². The molecule has 27 heavy (non-hydrogen) atoms. The monoisotopic (exact) mass is 380 g/mol. The van der Waals surface area contributed by atoms with E-state index in [0.717, 1.165) is 24.0 Å². The van der Waals surface area contributed by atoms with E-state index in [-0.39, 0.29) is 12.2 Å². The van der Waals surface area contributed by atoms with Crippen LogP contribution in [0.4, 0.5) is 18.9 Å². The van der Waals surface area contributed by atoms with E-state index in [1.807, 2.05) is 0 Å². The molecule has 0 unspecified atom stereocenters. The van der Waals surface area contributed by atoms with Crippen molar-refractivity contribution in [3.05, 3.63) is 59.7 Å². The SMILES string of the molecule is COc1ccccc1CNC(=O)CN(C(C)=O)c1ccccc1C(F)(F)F. The van der Waals surface area contributed by atoms with E-state index in [1.165, 1.54) is 19.2 Å². The molecule has 2 amide bonds. The summed E-state index contributed by atoms with van der Waals surface area (Å²) >= 11 is 0. The Morgan fingerprint density at radius 2 is 1.70 bits per heavy atom. The summed E-state index contributed by atoms with van der Waals surface area (Å²) in [5, 5.41) is 2.59. The molecule has 0 atom stereocenters. The number of carbonyl (C=O) groups is 2. The predicted octanol–water partition coefficient (Wildman–Crippen LogP) is 3.38. The van der Waals surface area contributed by atoms with E-state index in [0.29, 0.717) is 11.3 Å². The largest absolute Gasteiger partial charge is 0.496 e. The maximum Gasteiger partial charge on any atom is 0.418 e. The van der Waals surface area contributed by atoms with E-state index in [9.17, 15) is 22.8 Å². The van der Waals surface area contributed by atoms with Crippen LogP contribution in [0.25, 0.3) is 0 Å². The summed E-state index contributed by atoms with van der Waals surface area (Å²) in [6, 6.07) is 11.7. The van der Waals surface area contributed by atoms with Gasteiger partial charge in [0, 0.05) is 19.0 Å². The third-order valence-electron chi connectivity index (χ3n) is 3.85. The number of ether oxygens (including phenoxy) is 1. The van der Waals surface area contributed by atoms with Crippen molar-refractivity contribution in [2.45, 2.75) is 19.6 Å². The first kappa shape index (κ1) is 20.3. The number of rotatable bonds is 6. The number of nitrogens with one attached hydrogen (secondary N) is 1. The molecule has 0 spiro atoms. The predicted molar refractivity (Wildman–Crippen MR) is 94.3 cm³/mol. The molecule has 2 rings (SSSR count). The molecule has 1 N–H and O–H groups in total. The summed E-state index contributed by atoms with van der Waals surface area (Å²) < 4.78 is 44.8. The van der Waals surface area contributed by atoms with Crippen LogP contribution in [0.5, 0.6) is 5.75 Å². The molecule has 0 saturated carbocycles. The Morgan fingerprint density at radius 1 is 1.07 bits per heavy atom. The number of halogens is 3. The van der Waals surface area contributed by atoms with E-state index in [1.54, 1.807) is 24.3 Å². The maximum absolute atomic E-state index is 13.2. The maximum atomic E-state index is 13.2. The number of carbonyl (C=O) groups excluding carboxylic acids is 2. The minimum absolute atomic E-state index is 0.121. The number of para-hydroxylation sites is 2. The van der Waals surface area contributed by atoms with Crippen molar-refractivity contribution < 1.29 is 27.5 Å². The summed E-state index contributed by atoms with van der Waals surface area (Å²) in [7, 11) is 1.49. The second-order valence-corrected chi connectivity index (χ2v) is 5.71. The van der Waals surface area contributed by atoms with Gasteiger partial charge in [-0.1, -0.05) is 30.3 Å². The second-order valence-electron chi connectivity index (χ2n) is 5.71. The lowest BCUT2D eigenvalue weighted by Gasteiger charge is -2.24. The Labute approximate surface area is 154 Å². The van der Waals surface area contributed by atoms with Crippen molar-refractivity contribution in [2.75, 3.05) is 18.6 Å². The zero-order valence-corrected chi connectivity index (χ0v) is 14.8. The Kier molecular flexibility index (Phi) is 6.44. The quantitative estimate of drug-likeness (QED) is 0.836. The molecule has 8 heteroatoms. The number of benzene rings is 2. The van der Waals surface area contributed by atoms with Gasteiger partial charge < -0.3 is 15.0 Å². The molecule has 144 valence electrons. The molecule has 0 fully saturated rings. The van der Waals surface area contributed by atoms with Crippen LogP contribution >= 0.6 is 0 Å². The average Bonchev–Trinajstić information content (AvgIpc) is 2.63. The van der Waals surface area contributed by atoms with Gasteiger partial charge in [-0.05, 0) is 18.2 Å². The summed E-state index contributed by atoms with van der Waals surface area (Å²) in [5.41, 5.74) is -0.624. The lowest BCUT2D eigenvalue weighted by Crippen LogP contribution is -2.40. The van der Waals surface area contributed by atoms with E-state index < -0.39 is 30.1 Å². The number of methoxy groups -OCH3 is 1. The van der Waals surface area contributed by atoms with Gasteiger partial charge in [-0.3, -0.25) is 9.59 Å². The van der Waals surface area contributed by atoms with Crippen molar-refractivity contribution in [2.24, 2.45) is 0 Å². The fraction of sp³-hybridized carbons (Fsp3) is 0.263.